The zero-order valence-electron chi connectivity index (χ0n) is 11.3. The lowest BCUT2D eigenvalue weighted by molar-refractivity contribution is -0.119. The first-order chi connectivity index (χ1) is 8.72. The van der Waals surface area contributed by atoms with Crippen molar-refractivity contribution in [1.29, 1.82) is 0 Å². The molecule has 0 aliphatic heterocycles. The van der Waals surface area contributed by atoms with Crippen LogP contribution in [0.15, 0.2) is 35.9 Å². The number of aliphatic hydroxyl groups is 1. The number of hydrogen-bond acceptors (Lipinski definition) is 3. The number of hydrogen-bond donors (Lipinski definition) is 2. The van der Waals surface area contributed by atoms with Crippen LogP contribution in [-0.4, -0.2) is 22.0 Å². The largest absolute Gasteiger partial charge is 0.478 e. The van der Waals surface area contributed by atoms with E-state index in [-0.39, 0.29) is 17.8 Å². The van der Waals surface area contributed by atoms with Gasteiger partial charge in [-0.2, -0.15) is 0 Å². The summed E-state index contributed by atoms with van der Waals surface area (Å²) in [6, 6.07) is 5.88. The van der Waals surface area contributed by atoms with E-state index in [4.69, 9.17) is 5.11 Å². The molecule has 0 heterocycles. The van der Waals surface area contributed by atoms with Crippen molar-refractivity contribution in [2.24, 2.45) is 0 Å². The summed E-state index contributed by atoms with van der Waals surface area (Å²) >= 11 is 0. The lowest BCUT2D eigenvalue weighted by Crippen LogP contribution is -2.24. The molecule has 0 bridgehead atoms. The molecule has 1 rings (SSSR count). The molecule has 0 unspecified atom stereocenters. The smallest absolute Gasteiger partial charge is 0.335 e. The predicted octanol–water partition coefficient (Wildman–Crippen LogP) is 2.52. The fourth-order valence-electron chi connectivity index (χ4n) is 1.79. The van der Waals surface area contributed by atoms with E-state index < -0.39 is 11.6 Å². The Morgan fingerprint density at radius 1 is 1.21 bits per heavy atom. The maximum Gasteiger partial charge on any atom is 0.335 e. The topological polar surface area (TPSA) is 74.6 Å². The molecule has 0 saturated carbocycles. The van der Waals surface area contributed by atoms with Crippen LogP contribution >= 0.6 is 0 Å². The standard InChI is InChI=1S/C15H18O4/c1-10(2)8-13(16)9-15(3,19)12-6-4-11(5-7-12)14(17)18/h4-8,19H,9H2,1-3H3,(H,17,18)/t15-/m0/s1. The second-order valence-electron chi connectivity index (χ2n) is 5.02. The van der Waals surface area contributed by atoms with Gasteiger partial charge in [0.15, 0.2) is 5.78 Å². The fraction of sp³-hybridized carbons (Fsp3) is 0.333. The van der Waals surface area contributed by atoms with E-state index in [1.165, 1.54) is 30.3 Å². The minimum atomic E-state index is -1.31. The molecule has 0 saturated heterocycles. The molecule has 1 atom stereocenters. The molecule has 0 fully saturated rings. The number of carboxylic acid groups (broad SMARTS) is 1. The molecule has 19 heavy (non-hydrogen) atoms. The van der Waals surface area contributed by atoms with Crippen LogP contribution in [0.2, 0.25) is 0 Å². The molecular formula is C15H18O4. The Hall–Kier alpha value is -1.94. The maximum absolute atomic E-state index is 11.7. The molecule has 0 aromatic heterocycles. The van der Waals surface area contributed by atoms with E-state index in [9.17, 15) is 14.7 Å². The number of carboxylic acids is 1. The van der Waals surface area contributed by atoms with Crippen molar-refractivity contribution in [3.8, 4) is 0 Å². The molecule has 0 radical (unpaired) electrons. The predicted molar refractivity (Wildman–Crippen MR) is 72.0 cm³/mol. The average Bonchev–Trinajstić information content (AvgIpc) is 2.27. The summed E-state index contributed by atoms with van der Waals surface area (Å²) in [4.78, 5) is 22.4. The zero-order chi connectivity index (χ0) is 14.6. The Kier molecular flexibility index (Phi) is 4.62. The summed E-state index contributed by atoms with van der Waals surface area (Å²) in [7, 11) is 0. The lowest BCUT2D eigenvalue weighted by atomic mass is 9.89. The Bertz CT molecular complexity index is 505. The van der Waals surface area contributed by atoms with Gasteiger partial charge in [-0.05, 0) is 44.5 Å². The third kappa shape index (κ3) is 4.34. The molecule has 4 heteroatoms. The summed E-state index contributed by atoms with van der Waals surface area (Å²) < 4.78 is 0. The lowest BCUT2D eigenvalue weighted by Gasteiger charge is -2.22. The number of carbonyl (C=O) groups is 2. The first kappa shape index (κ1) is 15.1. The molecule has 2 N–H and O–H groups in total. The monoisotopic (exact) mass is 262 g/mol. The third-order valence-corrected chi connectivity index (χ3v) is 2.72. The summed E-state index contributed by atoms with van der Waals surface area (Å²) in [6.45, 7) is 5.17. The highest BCUT2D eigenvalue weighted by Gasteiger charge is 2.25. The molecule has 102 valence electrons. The summed E-state index contributed by atoms with van der Waals surface area (Å²) in [5.74, 6) is -1.18. The molecule has 0 amide bonds. The van der Waals surface area contributed by atoms with Crippen molar-refractivity contribution in [2.75, 3.05) is 0 Å². The van der Waals surface area contributed by atoms with Crippen molar-refractivity contribution in [3.05, 3.63) is 47.0 Å². The minimum Gasteiger partial charge on any atom is -0.478 e. The molecule has 0 aliphatic rings. The van der Waals surface area contributed by atoms with E-state index >= 15 is 0 Å². The second-order valence-corrected chi connectivity index (χ2v) is 5.02. The van der Waals surface area contributed by atoms with Gasteiger partial charge in [0.1, 0.15) is 0 Å². The Labute approximate surface area is 112 Å². The summed E-state index contributed by atoms with van der Waals surface area (Å²) in [6.07, 6.45) is 1.45. The van der Waals surface area contributed by atoms with E-state index in [0.717, 1.165) is 5.57 Å². The number of aromatic carboxylic acids is 1. The quantitative estimate of drug-likeness (QED) is 0.799. The Morgan fingerprint density at radius 3 is 2.16 bits per heavy atom. The van der Waals surface area contributed by atoms with Crippen LogP contribution in [0.25, 0.3) is 0 Å². The highest BCUT2D eigenvalue weighted by atomic mass is 16.4. The van der Waals surface area contributed by atoms with Crippen LogP contribution in [0.1, 0.15) is 43.1 Å². The van der Waals surface area contributed by atoms with Crippen LogP contribution in [0.4, 0.5) is 0 Å². The van der Waals surface area contributed by atoms with Crippen LogP contribution in [-0.2, 0) is 10.4 Å². The zero-order valence-corrected chi connectivity index (χ0v) is 11.3. The van der Waals surface area contributed by atoms with Gasteiger partial charge in [-0.1, -0.05) is 17.7 Å². The normalized spacial score (nSPS) is 13.5. The van der Waals surface area contributed by atoms with Crippen LogP contribution < -0.4 is 0 Å². The van der Waals surface area contributed by atoms with Crippen molar-refractivity contribution in [1.82, 2.24) is 0 Å². The molecule has 1 aromatic carbocycles. The Balaban J connectivity index is 2.90. The number of benzene rings is 1. The van der Waals surface area contributed by atoms with Crippen LogP contribution in [0.3, 0.4) is 0 Å². The molecule has 0 spiro atoms. The van der Waals surface area contributed by atoms with Crippen molar-refractivity contribution in [2.45, 2.75) is 32.8 Å². The highest BCUT2D eigenvalue weighted by molar-refractivity contribution is 5.91. The maximum atomic E-state index is 11.7. The van der Waals surface area contributed by atoms with Gasteiger partial charge in [-0.15, -0.1) is 0 Å². The summed E-state index contributed by atoms with van der Waals surface area (Å²) in [5, 5.41) is 19.1. The van der Waals surface area contributed by atoms with Crippen molar-refractivity contribution < 1.29 is 19.8 Å². The average molecular weight is 262 g/mol. The fourth-order valence-corrected chi connectivity index (χ4v) is 1.79. The molecule has 4 nitrogen and oxygen atoms in total. The van der Waals surface area contributed by atoms with E-state index in [1.807, 2.05) is 13.8 Å². The van der Waals surface area contributed by atoms with Gasteiger partial charge in [-0.3, -0.25) is 4.79 Å². The van der Waals surface area contributed by atoms with Crippen LogP contribution in [0.5, 0.6) is 0 Å². The van der Waals surface area contributed by atoms with E-state index in [1.54, 1.807) is 6.92 Å². The summed E-state index contributed by atoms with van der Waals surface area (Å²) in [5.41, 5.74) is 0.241. The molecule has 0 aliphatic carbocycles. The van der Waals surface area contributed by atoms with Gasteiger partial charge in [0, 0.05) is 6.42 Å². The highest BCUT2D eigenvalue weighted by Crippen LogP contribution is 2.25. The Morgan fingerprint density at radius 2 is 1.74 bits per heavy atom. The molecular weight excluding hydrogens is 244 g/mol. The first-order valence-corrected chi connectivity index (χ1v) is 5.96. The van der Waals surface area contributed by atoms with Gasteiger partial charge in [0.2, 0.25) is 0 Å². The number of ketones is 1. The van der Waals surface area contributed by atoms with Gasteiger partial charge >= 0.3 is 5.97 Å². The van der Waals surface area contributed by atoms with E-state index in [0.29, 0.717) is 5.56 Å². The van der Waals surface area contributed by atoms with Crippen molar-refractivity contribution >= 4 is 11.8 Å². The number of allylic oxidation sites excluding steroid dienone is 2. The second kappa shape index (κ2) is 5.80. The van der Waals surface area contributed by atoms with Gasteiger partial charge in [-0.25, -0.2) is 4.79 Å². The van der Waals surface area contributed by atoms with Gasteiger partial charge in [0.05, 0.1) is 11.2 Å². The first-order valence-electron chi connectivity index (χ1n) is 5.96. The van der Waals surface area contributed by atoms with E-state index in [2.05, 4.69) is 0 Å². The SMILES string of the molecule is CC(C)=CC(=O)C[C@](C)(O)c1ccc(C(=O)O)cc1. The van der Waals surface area contributed by atoms with Crippen LogP contribution in [0, 0.1) is 0 Å². The molecule has 1 aromatic rings. The third-order valence-electron chi connectivity index (χ3n) is 2.72. The van der Waals surface area contributed by atoms with Crippen molar-refractivity contribution in [3.63, 3.8) is 0 Å². The minimum absolute atomic E-state index is 0.0371. The number of carbonyl (C=O) groups excluding carboxylic acids is 1. The van der Waals surface area contributed by atoms with Gasteiger partial charge in [0.25, 0.3) is 0 Å². The van der Waals surface area contributed by atoms with Gasteiger partial charge < -0.3 is 10.2 Å². The number of rotatable bonds is 5.